The fraction of sp³-hybridized carbons (Fsp3) is 0.857. The summed E-state index contributed by atoms with van der Waals surface area (Å²) < 4.78 is 61.2. The van der Waals surface area contributed by atoms with Crippen LogP contribution < -0.4 is 15.8 Å². The molecule has 0 bridgehead atoms. The maximum atomic E-state index is 12.0. The zero-order chi connectivity index (χ0) is 14.0. The summed E-state index contributed by atoms with van der Waals surface area (Å²) in [5, 5.41) is 2.73. The molecule has 0 aromatic carbocycles. The highest BCUT2D eigenvalue weighted by atomic mass is 32.2. The minimum atomic E-state index is -4.66. The number of nitrogens with zero attached hydrogens (tertiary/aromatic N) is 1. The molecule has 0 aromatic rings. The van der Waals surface area contributed by atoms with Crippen LogP contribution in [-0.2, 0) is 15.0 Å². The molecule has 1 amide bonds. The highest BCUT2D eigenvalue weighted by Crippen LogP contribution is 2.14. The quantitative estimate of drug-likeness (QED) is 0.565. The van der Waals surface area contributed by atoms with Crippen molar-refractivity contribution in [2.45, 2.75) is 12.2 Å². The Balaban J connectivity index is 2.78. The Kier molecular flexibility index (Phi) is 4.53. The van der Waals surface area contributed by atoms with Crippen LogP contribution >= 0.6 is 0 Å². The first kappa shape index (κ1) is 15.1. The second kappa shape index (κ2) is 5.38. The lowest BCUT2D eigenvalue weighted by atomic mass is 10.2. The minimum absolute atomic E-state index is 0.0255. The van der Waals surface area contributed by atoms with E-state index in [4.69, 9.17) is 5.73 Å². The topological polar surface area (TPSA) is 105 Å². The van der Waals surface area contributed by atoms with Crippen LogP contribution in [0.5, 0.6) is 0 Å². The average molecular weight is 290 g/mol. The van der Waals surface area contributed by atoms with Crippen molar-refractivity contribution in [2.24, 2.45) is 5.73 Å². The summed E-state index contributed by atoms with van der Waals surface area (Å²) in [6.07, 6.45) is -4.66. The molecule has 1 aliphatic rings. The Hall–Kier alpha value is -0.910. The van der Waals surface area contributed by atoms with Gasteiger partial charge in [0.1, 0.15) is 12.6 Å². The van der Waals surface area contributed by atoms with Gasteiger partial charge in [-0.2, -0.15) is 30.6 Å². The van der Waals surface area contributed by atoms with Gasteiger partial charge in [0.2, 0.25) is 5.91 Å². The predicted molar refractivity (Wildman–Crippen MR) is 55.5 cm³/mol. The molecular formula is C7H13F3N4O3S. The molecule has 1 heterocycles. The predicted octanol–water partition coefficient (Wildman–Crippen LogP) is -1.86. The van der Waals surface area contributed by atoms with E-state index >= 15 is 0 Å². The van der Waals surface area contributed by atoms with E-state index in [1.165, 1.54) is 4.72 Å². The maximum Gasteiger partial charge on any atom is 0.402 e. The van der Waals surface area contributed by atoms with Crippen molar-refractivity contribution in [1.29, 1.82) is 0 Å². The van der Waals surface area contributed by atoms with Crippen molar-refractivity contribution in [2.75, 3.05) is 26.2 Å². The van der Waals surface area contributed by atoms with Gasteiger partial charge < -0.3 is 11.1 Å². The minimum Gasteiger partial charge on any atom is -0.368 e. The number of nitrogens with one attached hydrogen (secondary N) is 2. The third-order valence-corrected chi connectivity index (χ3v) is 3.85. The van der Waals surface area contributed by atoms with Crippen LogP contribution in [0.1, 0.15) is 0 Å². The molecule has 0 spiro atoms. The van der Waals surface area contributed by atoms with Crippen LogP contribution in [-0.4, -0.2) is 57.0 Å². The smallest absolute Gasteiger partial charge is 0.368 e. The number of rotatable bonds is 4. The first-order valence-corrected chi connectivity index (χ1v) is 6.41. The zero-order valence-electron chi connectivity index (χ0n) is 9.20. The summed E-state index contributed by atoms with van der Waals surface area (Å²) in [6.45, 7) is -1.61. The van der Waals surface area contributed by atoms with Gasteiger partial charge >= 0.3 is 6.18 Å². The lowest BCUT2D eigenvalue weighted by molar-refractivity contribution is -0.122. The molecule has 4 N–H and O–H groups in total. The molecule has 1 unspecified atom stereocenters. The largest absolute Gasteiger partial charge is 0.402 e. The third kappa shape index (κ3) is 4.08. The summed E-state index contributed by atoms with van der Waals surface area (Å²) in [6, 6.07) is -1.19. The standard InChI is InChI=1S/C7H13F3N4O3S/c8-7(9,10)4-13-18(16,17)14-2-1-12-3-5(14)6(11)15/h5,12-13H,1-4H2,(H2,11,15). The van der Waals surface area contributed by atoms with Crippen molar-refractivity contribution in [1.82, 2.24) is 14.3 Å². The Morgan fingerprint density at radius 3 is 2.61 bits per heavy atom. The highest BCUT2D eigenvalue weighted by molar-refractivity contribution is 7.87. The molecule has 1 rings (SSSR count). The number of hydrogen-bond acceptors (Lipinski definition) is 4. The van der Waals surface area contributed by atoms with Crippen molar-refractivity contribution < 1.29 is 26.4 Å². The lowest BCUT2D eigenvalue weighted by Gasteiger charge is -2.33. The summed E-state index contributed by atoms with van der Waals surface area (Å²) in [7, 11) is -4.39. The lowest BCUT2D eigenvalue weighted by Crippen LogP contribution is -2.61. The van der Waals surface area contributed by atoms with Gasteiger partial charge in [-0.15, -0.1) is 0 Å². The SMILES string of the molecule is NC(=O)C1CNCCN1S(=O)(=O)NCC(F)(F)F. The third-order valence-electron chi connectivity index (χ3n) is 2.29. The monoisotopic (exact) mass is 290 g/mol. The maximum absolute atomic E-state index is 12.0. The van der Waals surface area contributed by atoms with Gasteiger partial charge in [0, 0.05) is 19.6 Å². The Labute approximate surface area is 102 Å². The molecule has 1 aliphatic heterocycles. The Morgan fingerprint density at radius 2 is 2.11 bits per heavy atom. The molecule has 106 valence electrons. The van der Waals surface area contributed by atoms with Crippen LogP contribution in [0.15, 0.2) is 0 Å². The van der Waals surface area contributed by atoms with Gasteiger partial charge in [-0.05, 0) is 0 Å². The number of halogens is 3. The number of carbonyl (C=O) groups is 1. The molecule has 18 heavy (non-hydrogen) atoms. The summed E-state index contributed by atoms with van der Waals surface area (Å²) in [4.78, 5) is 11.0. The van der Waals surface area contributed by atoms with Crippen LogP contribution in [0.25, 0.3) is 0 Å². The molecular weight excluding hydrogens is 277 g/mol. The second-order valence-corrected chi connectivity index (χ2v) is 5.38. The van der Waals surface area contributed by atoms with Crippen LogP contribution in [0.4, 0.5) is 13.2 Å². The first-order chi connectivity index (χ1) is 8.13. The highest BCUT2D eigenvalue weighted by Gasteiger charge is 2.38. The number of nitrogens with two attached hydrogens (primary N) is 1. The summed E-state index contributed by atoms with van der Waals surface area (Å²) in [5.41, 5.74) is 5.00. The van der Waals surface area contributed by atoms with Crippen LogP contribution in [0.3, 0.4) is 0 Å². The van der Waals surface area contributed by atoms with E-state index in [1.54, 1.807) is 0 Å². The average Bonchev–Trinajstić information content (AvgIpc) is 2.26. The molecule has 7 nitrogen and oxygen atoms in total. The first-order valence-electron chi connectivity index (χ1n) is 4.97. The van der Waals surface area contributed by atoms with Gasteiger partial charge in [-0.1, -0.05) is 0 Å². The van der Waals surface area contributed by atoms with Crippen molar-refractivity contribution >= 4 is 16.1 Å². The van der Waals surface area contributed by atoms with E-state index in [0.29, 0.717) is 4.31 Å². The number of alkyl halides is 3. The molecule has 0 radical (unpaired) electrons. The molecule has 11 heteroatoms. The van der Waals surface area contributed by atoms with Crippen LogP contribution in [0.2, 0.25) is 0 Å². The molecule has 1 fully saturated rings. The van der Waals surface area contributed by atoms with Gasteiger partial charge in [0.25, 0.3) is 10.2 Å². The zero-order valence-corrected chi connectivity index (χ0v) is 10.0. The molecule has 0 saturated carbocycles. The van der Waals surface area contributed by atoms with E-state index in [1.807, 2.05) is 0 Å². The van der Waals surface area contributed by atoms with Crippen molar-refractivity contribution in [3.8, 4) is 0 Å². The van der Waals surface area contributed by atoms with E-state index in [9.17, 15) is 26.4 Å². The molecule has 1 saturated heterocycles. The second-order valence-electron chi connectivity index (χ2n) is 3.67. The van der Waals surface area contributed by atoms with Gasteiger partial charge in [0.15, 0.2) is 0 Å². The Morgan fingerprint density at radius 1 is 1.50 bits per heavy atom. The van der Waals surface area contributed by atoms with E-state index < -0.39 is 34.9 Å². The van der Waals surface area contributed by atoms with Gasteiger partial charge in [0.05, 0.1) is 0 Å². The van der Waals surface area contributed by atoms with E-state index in [2.05, 4.69) is 5.32 Å². The number of hydrogen-bond donors (Lipinski definition) is 3. The summed E-state index contributed by atoms with van der Waals surface area (Å²) in [5.74, 6) is -0.917. The molecule has 0 aliphatic carbocycles. The number of amides is 1. The normalized spacial score (nSPS) is 22.9. The fourth-order valence-electron chi connectivity index (χ4n) is 1.47. The van der Waals surface area contributed by atoms with Crippen molar-refractivity contribution in [3.63, 3.8) is 0 Å². The van der Waals surface area contributed by atoms with Crippen LogP contribution in [0, 0.1) is 0 Å². The number of primary amides is 1. The summed E-state index contributed by atoms with van der Waals surface area (Å²) >= 11 is 0. The fourth-order valence-corrected chi connectivity index (χ4v) is 2.83. The van der Waals surface area contributed by atoms with E-state index in [-0.39, 0.29) is 19.6 Å². The Bertz CT molecular complexity index is 411. The number of piperazine rings is 1. The number of carbonyl (C=O) groups excluding carboxylic acids is 1. The molecule has 1 atom stereocenters. The van der Waals surface area contributed by atoms with E-state index in [0.717, 1.165) is 0 Å². The van der Waals surface area contributed by atoms with Gasteiger partial charge in [-0.25, -0.2) is 0 Å². The van der Waals surface area contributed by atoms with Gasteiger partial charge in [-0.3, -0.25) is 4.79 Å². The van der Waals surface area contributed by atoms with Crippen molar-refractivity contribution in [3.05, 3.63) is 0 Å². The molecule has 0 aromatic heterocycles.